The normalized spacial score (nSPS) is 27.6. The van der Waals surface area contributed by atoms with Crippen molar-refractivity contribution in [2.75, 3.05) is 13.7 Å². The highest BCUT2D eigenvalue weighted by Gasteiger charge is 2.31. The first kappa shape index (κ1) is 7.54. The second kappa shape index (κ2) is 2.58. The van der Waals surface area contributed by atoms with Crippen LogP contribution in [-0.2, 0) is 4.79 Å². The second-order valence-electron chi connectivity index (χ2n) is 3.14. The van der Waals surface area contributed by atoms with Crippen LogP contribution in [0.2, 0.25) is 0 Å². The van der Waals surface area contributed by atoms with Gasteiger partial charge in [0.05, 0.1) is 12.7 Å². The van der Waals surface area contributed by atoms with Crippen molar-refractivity contribution >= 4 is 5.91 Å². The molecule has 1 saturated heterocycles. The molecule has 0 saturated carbocycles. The first-order chi connectivity index (χ1) is 4.63. The minimum Gasteiger partial charge on any atom is -0.342 e. The molecule has 0 aliphatic carbocycles. The number of likely N-dealkylation sites (N-methyl/N-ethyl adjacent to an activating group) is 1. The third kappa shape index (κ3) is 1.14. The first-order valence-electron chi connectivity index (χ1n) is 3.61. The van der Waals surface area contributed by atoms with E-state index in [1.54, 1.807) is 0 Å². The Balaban J connectivity index is 2.63. The van der Waals surface area contributed by atoms with Crippen molar-refractivity contribution in [2.24, 2.45) is 5.92 Å². The highest BCUT2D eigenvalue weighted by Crippen LogP contribution is 2.12. The lowest BCUT2D eigenvalue weighted by Crippen LogP contribution is -2.34. The van der Waals surface area contributed by atoms with E-state index in [-0.39, 0.29) is 11.9 Å². The van der Waals surface area contributed by atoms with Crippen LogP contribution < -0.4 is 5.32 Å². The minimum atomic E-state index is 0.0833. The van der Waals surface area contributed by atoms with Crippen LogP contribution in [0.3, 0.4) is 0 Å². The summed E-state index contributed by atoms with van der Waals surface area (Å²) in [6.07, 6.45) is 0. The average molecular weight is 142 g/mol. The molecule has 1 heterocycles. The lowest BCUT2D eigenvalue weighted by atomic mass is 10.0. The minimum absolute atomic E-state index is 0.0833. The Morgan fingerprint density at radius 1 is 1.70 bits per heavy atom. The summed E-state index contributed by atoms with van der Waals surface area (Å²) in [6.45, 7) is 4.82. The fourth-order valence-corrected chi connectivity index (χ4v) is 1.42. The summed E-state index contributed by atoms with van der Waals surface area (Å²) in [5.41, 5.74) is 0. The average Bonchev–Trinajstić information content (AvgIpc) is 2.11. The zero-order valence-corrected chi connectivity index (χ0v) is 6.72. The molecule has 0 bridgehead atoms. The molecule has 1 aliphatic rings. The summed E-state index contributed by atoms with van der Waals surface area (Å²) in [4.78, 5) is 13.1. The number of amides is 1. The van der Waals surface area contributed by atoms with Crippen molar-refractivity contribution in [1.29, 1.82) is 0 Å². The molecule has 0 aromatic carbocycles. The fourth-order valence-electron chi connectivity index (χ4n) is 1.42. The molecule has 3 nitrogen and oxygen atoms in total. The van der Waals surface area contributed by atoms with E-state index in [9.17, 15) is 4.79 Å². The van der Waals surface area contributed by atoms with Gasteiger partial charge >= 0.3 is 0 Å². The molecule has 0 radical (unpaired) electrons. The van der Waals surface area contributed by atoms with Crippen LogP contribution in [0, 0.1) is 5.92 Å². The number of rotatable bonds is 1. The van der Waals surface area contributed by atoms with E-state index in [0.29, 0.717) is 12.6 Å². The predicted octanol–water partition coefficient (Wildman–Crippen LogP) is 0.0301. The van der Waals surface area contributed by atoms with Crippen molar-refractivity contribution in [3.63, 3.8) is 0 Å². The molecule has 1 N–H and O–H groups in total. The quantitative estimate of drug-likeness (QED) is 0.560. The molecule has 10 heavy (non-hydrogen) atoms. The maximum absolute atomic E-state index is 11.1. The van der Waals surface area contributed by atoms with Gasteiger partial charge in [-0.3, -0.25) is 9.69 Å². The van der Waals surface area contributed by atoms with Crippen molar-refractivity contribution in [1.82, 2.24) is 10.2 Å². The van der Waals surface area contributed by atoms with Gasteiger partial charge in [-0.25, -0.2) is 0 Å². The topological polar surface area (TPSA) is 32.3 Å². The van der Waals surface area contributed by atoms with Gasteiger partial charge in [-0.2, -0.15) is 0 Å². The lowest BCUT2D eigenvalue weighted by Gasteiger charge is -2.18. The van der Waals surface area contributed by atoms with Gasteiger partial charge in [0.25, 0.3) is 0 Å². The molecule has 1 amide bonds. The summed E-state index contributed by atoms with van der Waals surface area (Å²) in [7, 11) is 1.96. The Morgan fingerprint density at radius 2 is 2.30 bits per heavy atom. The highest BCUT2D eigenvalue weighted by molar-refractivity contribution is 5.83. The van der Waals surface area contributed by atoms with Gasteiger partial charge < -0.3 is 5.32 Å². The lowest BCUT2D eigenvalue weighted by molar-refractivity contribution is -0.122. The number of carbonyl (C=O) groups is 1. The Morgan fingerprint density at radius 3 is 2.50 bits per heavy atom. The fraction of sp³-hybridized carbons (Fsp3) is 0.857. The van der Waals surface area contributed by atoms with Crippen molar-refractivity contribution in [3.8, 4) is 0 Å². The van der Waals surface area contributed by atoms with Crippen LogP contribution in [0.25, 0.3) is 0 Å². The summed E-state index contributed by atoms with van der Waals surface area (Å²) < 4.78 is 0. The summed E-state index contributed by atoms with van der Waals surface area (Å²) in [5, 5.41) is 2.79. The van der Waals surface area contributed by atoms with E-state index in [1.165, 1.54) is 0 Å². The third-order valence-electron chi connectivity index (χ3n) is 1.88. The van der Waals surface area contributed by atoms with E-state index in [2.05, 4.69) is 19.2 Å². The molecule has 0 spiro atoms. The number of carbonyl (C=O) groups excluding carboxylic acids is 1. The summed E-state index contributed by atoms with van der Waals surface area (Å²) >= 11 is 0. The van der Waals surface area contributed by atoms with E-state index in [0.717, 1.165) is 0 Å². The zero-order chi connectivity index (χ0) is 7.72. The monoisotopic (exact) mass is 142 g/mol. The van der Waals surface area contributed by atoms with Gasteiger partial charge in [-0.15, -0.1) is 0 Å². The molecule has 1 rings (SSSR count). The van der Waals surface area contributed by atoms with Crippen LogP contribution in [0.5, 0.6) is 0 Å². The van der Waals surface area contributed by atoms with Gasteiger partial charge in [0.1, 0.15) is 0 Å². The molecule has 3 heteroatoms. The van der Waals surface area contributed by atoms with E-state index in [1.807, 2.05) is 11.9 Å². The van der Waals surface area contributed by atoms with Gasteiger partial charge in [0.2, 0.25) is 5.91 Å². The van der Waals surface area contributed by atoms with Crippen LogP contribution >= 0.6 is 0 Å². The standard InChI is InChI=1S/C7H14N2O/c1-5(2)6-7(10)8-4-9(6)3/h5-6H,4H2,1-3H3,(H,8,10). The first-order valence-corrected chi connectivity index (χ1v) is 3.61. The second-order valence-corrected chi connectivity index (χ2v) is 3.14. The molecule has 58 valence electrons. The third-order valence-corrected chi connectivity index (χ3v) is 1.88. The summed E-state index contributed by atoms with van der Waals surface area (Å²) in [5.74, 6) is 0.574. The molecular weight excluding hydrogens is 128 g/mol. The van der Waals surface area contributed by atoms with Crippen LogP contribution in [0.1, 0.15) is 13.8 Å². The Bertz CT molecular complexity index is 145. The van der Waals surface area contributed by atoms with E-state index >= 15 is 0 Å². The van der Waals surface area contributed by atoms with Gasteiger partial charge in [-0.1, -0.05) is 13.8 Å². The van der Waals surface area contributed by atoms with E-state index < -0.39 is 0 Å². The maximum atomic E-state index is 11.1. The van der Waals surface area contributed by atoms with Gasteiger partial charge in [0.15, 0.2) is 0 Å². The largest absolute Gasteiger partial charge is 0.342 e. The van der Waals surface area contributed by atoms with Crippen molar-refractivity contribution in [3.05, 3.63) is 0 Å². The Hall–Kier alpha value is -0.570. The van der Waals surface area contributed by atoms with Gasteiger partial charge in [-0.05, 0) is 13.0 Å². The number of hydrogen-bond acceptors (Lipinski definition) is 2. The molecule has 0 aromatic heterocycles. The molecule has 1 fully saturated rings. The molecule has 1 aliphatic heterocycles. The highest BCUT2D eigenvalue weighted by atomic mass is 16.2. The molecule has 0 aromatic rings. The summed E-state index contributed by atoms with van der Waals surface area (Å²) in [6, 6.07) is 0.0833. The van der Waals surface area contributed by atoms with Crippen molar-refractivity contribution in [2.45, 2.75) is 19.9 Å². The van der Waals surface area contributed by atoms with Crippen molar-refractivity contribution < 1.29 is 4.79 Å². The SMILES string of the molecule is CC(C)C1C(=O)NCN1C. The van der Waals surface area contributed by atoms with Crippen LogP contribution in [0.15, 0.2) is 0 Å². The molecule has 1 unspecified atom stereocenters. The zero-order valence-electron chi connectivity index (χ0n) is 6.72. The predicted molar refractivity (Wildman–Crippen MR) is 39.4 cm³/mol. The van der Waals surface area contributed by atoms with Crippen LogP contribution in [0.4, 0.5) is 0 Å². The Kier molecular flexibility index (Phi) is 1.94. The molecular formula is C7H14N2O. The number of nitrogens with one attached hydrogen (secondary N) is 1. The van der Waals surface area contributed by atoms with Gasteiger partial charge in [0, 0.05) is 0 Å². The van der Waals surface area contributed by atoms with Crippen LogP contribution in [-0.4, -0.2) is 30.6 Å². The van der Waals surface area contributed by atoms with E-state index in [4.69, 9.17) is 0 Å². The maximum Gasteiger partial charge on any atom is 0.238 e. The Labute approximate surface area is 61.4 Å². The number of hydrogen-bond donors (Lipinski definition) is 1. The molecule has 1 atom stereocenters. The number of nitrogens with zero attached hydrogens (tertiary/aromatic N) is 1. The smallest absolute Gasteiger partial charge is 0.238 e.